The molecule has 2 unspecified atom stereocenters. The second-order valence-corrected chi connectivity index (χ2v) is 5.27. The van der Waals surface area contributed by atoms with Gasteiger partial charge in [-0.3, -0.25) is 9.69 Å². The Morgan fingerprint density at radius 3 is 2.56 bits per heavy atom. The molecule has 0 aromatic rings. The normalized spacial score (nSPS) is 36.4. The molecule has 1 N–H and O–H groups in total. The molecule has 1 saturated carbocycles. The molecule has 92 valence electrons. The Kier molecular flexibility index (Phi) is 3.53. The first kappa shape index (κ1) is 11.9. The lowest BCUT2D eigenvalue weighted by molar-refractivity contribution is -0.155. The highest BCUT2D eigenvalue weighted by atomic mass is 16.4. The van der Waals surface area contributed by atoms with Gasteiger partial charge in [-0.05, 0) is 44.7 Å². The van der Waals surface area contributed by atoms with Crippen LogP contribution in [-0.4, -0.2) is 34.6 Å². The van der Waals surface area contributed by atoms with Gasteiger partial charge in [-0.1, -0.05) is 26.2 Å². The quantitative estimate of drug-likeness (QED) is 0.802. The van der Waals surface area contributed by atoms with Crippen molar-refractivity contribution in [2.45, 2.75) is 57.4 Å². The zero-order valence-electron chi connectivity index (χ0n) is 10.2. The Balaban J connectivity index is 2.23. The van der Waals surface area contributed by atoms with E-state index in [4.69, 9.17) is 0 Å². The Morgan fingerprint density at radius 1 is 1.31 bits per heavy atom. The zero-order valence-corrected chi connectivity index (χ0v) is 10.2. The number of hydrogen-bond donors (Lipinski definition) is 1. The van der Waals surface area contributed by atoms with Gasteiger partial charge >= 0.3 is 5.97 Å². The van der Waals surface area contributed by atoms with E-state index in [0.29, 0.717) is 5.92 Å². The van der Waals surface area contributed by atoms with Gasteiger partial charge in [0.1, 0.15) is 5.54 Å². The Morgan fingerprint density at radius 2 is 2.00 bits per heavy atom. The molecule has 2 fully saturated rings. The minimum Gasteiger partial charge on any atom is -0.480 e. The highest BCUT2D eigenvalue weighted by Crippen LogP contribution is 2.43. The lowest BCUT2D eigenvalue weighted by Gasteiger charge is -2.43. The van der Waals surface area contributed by atoms with Gasteiger partial charge in [-0.15, -0.1) is 0 Å². The highest BCUT2D eigenvalue weighted by Gasteiger charge is 2.52. The molecule has 0 bridgehead atoms. The van der Waals surface area contributed by atoms with Crippen LogP contribution in [0.5, 0.6) is 0 Å². The molecule has 0 aromatic heterocycles. The largest absolute Gasteiger partial charge is 0.480 e. The van der Waals surface area contributed by atoms with Gasteiger partial charge in [0.2, 0.25) is 0 Å². The molecule has 0 aromatic carbocycles. The summed E-state index contributed by atoms with van der Waals surface area (Å²) in [6.07, 6.45) is 7.66. The van der Waals surface area contributed by atoms with Crippen molar-refractivity contribution in [3.05, 3.63) is 0 Å². The standard InChI is InChI=1S/C13H23NO2/c1-2-11-7-6-8-13(11,12(15)16)14-9-4-3-5-10-14/h11H,2-10H2,1H3,(H,15,16). The first-order valence-corrected chi connectivity index (χ1v) is 6.70. The molecular weight excluding hydrogens is 202 g/mol. The van der Waals surface area contributed by atoms with Gasteiger partial charge in [0.25, 0.3) is 0 Å². The van der Waals surface area contributed by atoms with Crippen LogP contribution in [-0.2, 0) is 4.79 Å². The third kappa shape index (κ3) is 1.75. The van der Waals surface area contributed by atoms with Gasteiger partial charge in [0.15, 0.2) is 0 Å². The van der Waals surface area contributed by atoms with Crippen LogP contribution >= 0.6 is 0 Å². The number of hydrogen-bond acceptors (Lipinski definition) is 2. The van der Waals surface area contributed by atoms with Gasteiger partial charge < -0.3 is 5.11 Å². The van der Waals surface area contributed by atoms with E-state index in [1.54, 1.807) is 0 Å². The Bertz CT molecular complexity index is 261. The van der Waals surface area contributed by atoms with E-state index in [1.165, 1.54) is 19.3 Å². The second-order valence-electron chi connectivity index (χ2n) is 5.27. The first-order chi connectivity index (χ1) is 7.71. The fraction of sp³-hybridized carbons (Fsp3) is 0.923. The molecule has 3 nitrogen and oxygen atoms in total. The van der Waals surface area contributed by atoms with Gasteiger partial charge in [0, 0.05) is 0 Å². The van der Waals surface area contributed by atoms with Crippen LogP contribution in [0.3, 0.4) is 0 Å². The van der Waals surface area contributed by atoms with Crippen LogP contribution in [0.25, 0.3) is 0 Å². The number of piperidine rings is 1. The third-order valence-electron chi connectivity index (χ3n) is 4.57. The molecule has 2 rings (SSSR count). The van der Waals surface area contributed by atoms with E-state index in [1.807, 2.05) is 0 Å². The lowest BCUT2D eigenvalue weighted by Crippen LogP contribution is -2.58. The van der Waals surface area contributed by atoms with Gasteiger partial charge in [-0.2, -0.15) is 0 Å². The molecule has 16 heavy (non-hydrogen) atoms. The van der Waals surface area contributed by atoms with Crippen molar-refractivity contribution >= 4 is 5.97 Å². The summed E-state index contributed by atoms with van der Waals surface area (Å²) >= 11 is 0. The van der Waals surface area contributed by atoms with Crippen molar-refractivity contribution in [1.29, 1.82) is 0 Å². The summed E-state index contributed by atoms with van der Waals surface area (Å²) in [7, 11) is 0. The summed E-state index contributed by atoms with van der Waals surface area (Å²) in [5, 5.41) is 9.68. The van der Waals surface area contributed by atoms with Crippen LogP contribution in [0.1, 0.15) is 51.9 Å². The Hall–Kier alpha value is -0.570. The Labute approximate surface area is 97.8 Å². The van der Waals surface area contributed by atoms with Crippen molar-refractivity contribution < 1.29 is 9.90 Å². The number of carboxylic acids is 1. The molecule has 0 spiro atoms. The van der Waals surface area contributed by atoms with E-state index in [0.717, 1.165) is 38.8 Å². The summed E-state index contributed by atoms with van der Waals surface area (Å²) in [4.78, 5) is 14.0. The summed E-state index contributed by atoms with van der Waals surface area (Å²) < 4.78 is 0. The summed E-state index contributed by atoms with van der Waals surface area (Å²) in [6, 6.07) is 0. The summed E-state index contributed by atoms with van der Waals surface area (Å²) in [5.74, 6) is -0.207. The van der Waals surface area contributed by atoms with Crippen LogP contribution in [0, 0.1) is 5.92 Å². The molecule has 1 heterocycles. The fourth-order valence-corrected chi connectivity index (χ4v) is 3.73. The molecular formula is C13H23NO2. The SMILES string of the molecule is CCC1CCCC1(C(=O)O)N1CCCCC1. The zero-order chi connectivity index (χ0) is 11.6. The van der Waals surface area contributed by atoms with Crippen molar-refractivity contribution in [3.63, 3.8) is 0 Å². The second kappa shape index (κ2) is 4.74. The maximum atomic E-state index is 11.8. The predicted octanol–water partition coefficient (Wildman–Crippen LogP) is 2.51. The minimum absolute atomic E-state index is 0.364. The molecule has 0 amide bonds. The van der Waals surface area contributed by atoms with E-state index < -0.39 is 11.5 Å². The molecule has 2 atom stereocenters. The van der Waals surface area contributed by atoms with Crippen LogP contribution in [0.15, 0.2) is 0 Å². The number of carboxylic acid groups (broad SMARTS) is 1. The highest BCUT2D eigenvalue weighted by molar-refractivity contribution is 5.79. The topological polar surface area (TPSA) is 40.5 Å². The molecule has 1 saturated heterocycles. The molecule has 1 aliphatic heterocycles. The van der Waals surface area contributed by atoms with Crippen molar-refractivity contribution in [1.82, 2.24) is 4.90 Å². The molecule has 0 radical (unpaired) electrons. The maximum Gasteiger partial charge on any atom is 0.324 e. The summed E-state index contributed by atoms with van der Waals surface area (Å²) in [5.41, 5.74) is -0.519. The third-order valence-corrected chi connectivity index (χ3v) is 4.57. The van der Waals surface area contributed by atoms with Crippen LogP contribution < -0.4 is 0 Å². The average Bonchev–Trinajstić information content (AvgIpc) is 2.74. The van der Waals surface area contributed by atoms with Gasteiger partial charge in [0.05, 0.1) is 0 Å². The maximum absolute atomic E-state index is 11.8. The number of likely N-dealkylation sites (tertiary alicyclic amines) is 1. The molecule has 3 heteroatoms. The van der Waals surface area contributed by atoms with E-state index in [2.05, 4.69) is 11.8 Å². The van der Waals surface area contributed by atoms with E-state index in [9.17, 15) is 9.90 Å². The van der Waals surface area contributed by atoms with Crippen molar-refractivity contribution in [2.24, 2.45) is 5.92 Å². The van der Waals surface area contributed by atoms with Crippen molar-refractivity contribution in [3.8, 4) is 0 Å². The number of nitrogens with zero attached hydrogens (tertiary/aromatic N) is 1. The number of carbonyl (C=O) groups is 1. The predicted molar refractivity (Wildman–Crippen MR) is 63.4 cm³/mol. The number of rotatable bonds is 3. The van der Waals surface area contributed by atoms with Crippen LogP contribution in [0.4, 0.5) is 0 Å². The first-order valence-electron chi connectivity index (χ1n) is 6.70. The van der Waals surface area contributed by atoms with E-state index >= 15 is 0 Å². The van der Waals surface area contributed by atoms with Crippen molar-refractivity contribution in [2.75, 3.05) is 13.1 Å². The smallest absolute Gasteiger partial charge is 0.324 e. The molecule has 1 aliphatic carbocycles. The lowest BCUT2D eigenvalue weighted by atomic mass is 9.82. The van der Waals surface area contributed by atoms with E-state index in [-0.39, 0.29) is 0 Å². The average molecular weight is 225 g/mol. The number of aliphatic carboxylic acids is 1. The summed E-state index contributed by atoms with van der Waals surface area (Å²) in [6.45, 7) is 4.11. The molecule has 2 aliphatic rings. The van der Waals surface area contributed by atoms with Gasteiger partial charge in [-0.25, -0.2) is 0 Å². The minimum atomic E-state index is -0.571. The fourth-order valence-electron chi connectivity index (χ4n) is 3.73. The monoisotopic (exact) mass is 225 g/mol. The van der Waals surface area contributed by atoms with Crippen LogP contribution in [0.2, 0.25) is 0 Å².